The molecule has 0 aliphatic heterocycles. The Hall–Kier alpha value is -1.10. The van der Waals surface area contributed by atoms with Gasteiger partial charge in [0.1, 0.15) is 0 Å². The predicted molar refractivity (Wildman–Crippen MR) is 54.0 cm³/mol. The summed E-state index contributed by atoms with van der Waals surface area (Å²) >= 11 is 0. The van der Waals surface area contributed by atoms with Crippen molar-refractivity contribution in [3.8, 4) is 0 Å². The van der Waals surface area contributed by atoms with Crippen LogP contribution in [0.2, 0.25) is 0 Å². The van der Waals surface area contributed by atoms with Gasteiger partial charge in [0, 0.05) is 18.4 Å². The van der Waals surface area contributed by atoms with E-state index < -0.39 is 11.7 Å². The average molecular weight is 230 g/mol. The van der Waals surface area contributed by atoms with Crippen LogP contribution in [0.5, 0.6) is 0 Å². The van der Waals surface area contributed by atoms with E-state index in [1.165, 1.54) is 12.4 Å². The van der Waals surface area contributed by atoms with Gasteiger partial charge in [0.25, 0.3) is 0 Å². The third-order valence-corrected chi connectivity index (χ3v) is 2.61. The van der Waals surface area contributed by atoms with Crippen LogP contribution in [0.3, 0.4) is 0 Å². The van der Waals surface area contributed by atoms with E-state index in [4.69, 9.17) is 0 Å². The lowest BCUT2D eigenvalue weighted by atomic mass is 10.1. The monoisotopic (exact) mass is 230 g/mol. The van der Waals surface area contributed by atoms with Gasteiger partial charge in [0.05, 0.1) is 5.56 Å². The highest BCUT2D eigenvalue weighted by Crippen LogP contribution is 2.31. The zero-order valence-corrected chi connectivity index (χ0v) is 8.72. The minimum absolute atomic E-state index is 0.267. The zero-order valence-electron chi connectivity index (χ0n) is 8.72. The highest BCUT2D eigenvalue weighted by molar-refractivity contribution is 5.26. The second kappa shape index (κ2) is 4.41. The first-order valence-corrected chi connectivity index (χ1v) is 5.31. The van der Waals surface area contributed by atoms with E-state index in [1.54, 1.807) is 0 Å². The molecule has 1 fully saturated rings. The van der Waals surface area contributed by atoms with Gasteiger partial charge in [-0.3, -0.25) is 4.98 Å². The molecule has 1 N–H and O–H groups in total. The first-order valence-electron chi connectivity index (χ1n) is 5.31. The summed E-state index contributed by atoms with van der Waals surface area (Å²) in [6.07, 6.45) is 0.855. The van der Waals surface area contributed by atoms with Gasteiger partial charge in [-0.25, -0.2) is 0 Å². The van der Waals surface area contributed by atoms with Gasteiger partial charge in [-0.1, -0.05) is 0 Å². The highest BCUT2D eigenvalue weighted by Gasteiger charge is 2.33. The molecule has 0 aromatic carbocycles. The molecule has 0 bridgehead atoms. The van der Waals surface area contributed by atoms with Crippen LogP contribution in [-0.4, -0.2) is 17.6 Å². The summed E-state index contributed by atoms with van der Waals surface area (Å²) in [4.78, 5) is 3.74. The van der Waals surface area contributed by atoms with Gasteiger partial charge in [-0.2, -0.15) is 13.2 Å². The van der Waals surface area contributed by atoms with E-state index in [0.29, 0.717) is 19.0 Å². The van der Waals surface area contributed by atoms with Gasteiger partial charge in [-0.15, -0.1) is 0 Å². The van der Waals surface area contributed by atoms with Crippen LogP contribution in [-0.2, 0) is 12.6 Å². The summed E-state index contributed by atoms with van der Waals surface area (Å²) in [5.74, 6) is 0. The SMILES string of the molecule is FC(F)(F)c1ccncc1CCNC1CC1. The molecule has 1 aromatic heterocycles. The van der Waals surface area contributed by atoms with Crippen molar-refractivity contribution < 1.29 is 13.2 Å². The minimum atomic E-state index is -4.28. The summed E-state index contributed by atoms with van der Waals surface area (Å²) in [7, 11) is 0. The lowest BCUT2D eigenvalue weighted by Crippen LogP contribution is -2.21. The second-order valence-electron chi connectivity index (χ2n) is 4.01. The lowest BCUT2D eigenvalue weighted by molar-refractivity contribution is -0.138. The maximum atomic E-state index is 12.6. The highest BCUT2D eigenvalue weighted by atomic mass is 19.4. The average Bonchev–Trinajstić information content (AvgIpc) is 3.01. The van der Waals surface area contributed by atoms with Gasteiger partial charge in [0.2, 0.25) is 0 Å². The van der Waals surface area contributed by atoms with Crippen LogP contribution in [0.25, 0.3) is 0 Å². The fourth-order valence-electron chi connectivity index (χ4n) is 1.60. The molecule has 1 aromatic rings. The maximum Gasteiger partial charge on any atom is 0.416 e. The lowest BCUT2D eigenvalue weighted by Gasteiger charge is -2.12. The minimum Gasteiger partial charge on any atom is -0.314 e. The second-order valence-corrected chi connectivity index (χ2v) is 4.01. The number of aromatic nitrogens is 1. The molecule has 0 spiro atoms. The molecule has 2 nitrogen and oxygen atoms in total. The Balaban J connectivity index is 2.00. The van der Waals surface area contributed by atoms with Crippen molar-refractivity contribution in [3.05, 3.63) is 29.6 Å². The smallest absolute Gasteiger partial charge is 0.314 e. The van der Waals surface area contributed by atoms with E-state index in [9.17, 15) is 13.2 Å². The van der Waals surface area contributed by atoms with Crippen molar-refractivity contribution in [3.63, 3.8) is 0 Å². The molecule has 0 saturated heterocycles. The summed E-state index contributed by atoms with van der Waals surface area (Å²) in [6.45, 7) is 0.583. The molecule has 0 unspecified atom stereocenters. The van der Waals surface area contributed by atoms with Crippen molar-refractivity contribution >= 4 is 0 Å². The summed E-state index contributed by atoms with van der Waals surface area (Å²) < 4.78 is 37.8. The van der Waals surface area contributed by atoms with E-state index in [2.05, 4.69) is 10.3 Å². The van der Waals surface area contributed by atoms with E-state index >= 15 is 0 Å². The van der Waals surface area contributed by atoms with Crippen molar-refractivity contribution in [2.75, 3.05) is 6.54 Å². The third kappa shape index (κ3) is 2.95. The van der Waals surface area contributed by atoms with E-state index in [-0.39, 0.29) is 5.56 Å². The largest absolute Gasteiger partial charge is 0.416 e. The fourth-order valence-corrected chi connectivity index (χ4v) is 1.60. The molecule has 2 rings (SSSR count). The zero-order chi connectivity index (χ0) is 11.6. The predicted octanol–water partition coefficient (Wildman–Crippen LogP) is 2.39. The molecular formula is C11H13F3N2. The van der Waals surface area contributed by atoms with Crippen molar-refractivity contribution in [2.24, 2.45) is 0 Å². The topological polar surface area (TPSA) is 24.9 Å². The Morgan fingerprint density at radius 3 is 2.75 bits per heavy atom. The van der Waals surface area contributed by atoms with Gasteiger partial charge >= 0.3 is 6.18 Å². The Morgan fingerprint density at radius 2 is 2.12 bits per heavy atom. The molecule has 5 heteroatoms. The Bertz CT molecular complexity index is 358. The molecule has 16 heavy (non-hydrogen) atoms. The first-order chi connectivity index (χ1) is 7.57. The fraction of sp³-hybridized carbons (Fsp3) is 0.545. The number of hydrogen-bond donors (Lipinski definition) is 1. The van der Waals surface area contributed by atoms with Crippen LogP contribution in [0, 0.1) is 0 Å². The van der Waals surface area contributed by atoms with Crippen LogP contribution in [0.1, 0.15) is 24.0 Å². The van der Waals surface area contributed by atoms with Gasteiger partial charge in [-0.05, 0) is 37.4 Å². The number of pyridine rings is 1. The van der Waals surface area contributed by atoms with Crippen molar-refractivity contribution in [1.82, 2.24) is 10.3 Å². The quantitative estimate of drug-likeness (QED) is 0.859. The maximum absolute atomic E-state index is 12.6. The van der Waals surface area contributed by atoms with E-state index in [1.807, 2.05) is 0 Å². The van der Waals surface area contributed by atoms with Crippen molar-refractivity contribution in [2.45, 2.75) is 31.5 Å². The first kappa shape index (κ1) is 11.4. The molecule has 88 valence electrons. The number of nitrogens with zero attached hydrogens (tertiary/aromatic N) is 1. The van der Waals surface area contributed by atoms with Crippen LogP contribution in [0.15, 0.2) is 18.5 Å². The molecular weight excluding hydrogens is 217 g/mol. The summed E-state index contributed by atoms with van der Waals surface area (Å²) in [5, 5.41) is 3.19. The van der Waals surface area contributed by atoms with Gasteiger partial charge in [0.15, 0.2) is 0 Å². The molecule has 0 amide bonds. The van der Waals surface area contributed by atoms with Crippen LogP contribution >= 0.6 is 0 Å². The molecule has 1 heterocycles. The Labute approximate surface area is 91.9 Å². The summed E-state index contributed by atoms with van der Waals surface area (Å²) in [6, 6.07) is 1.55. The number of halogens is 3. The number of alkyl halides is 3. The molecule has 1 saturated carbocycles. The van der Waals surface area contributed by atoms with E-state index in [0.717, 1.165) is 18.9 Å². The number of nitrogens with one attached hydrogen (secondary N) is 1. The number of rotatable bonds is 4. The standard InChI is InChI=1S/C11H13F3N2/c12-11(13,14)10-4-5-15-7-8(10)3-6-16-9-1-2-9/h4-5,7,9,16H,1-3,6H2. The Kier molecular flexibility index (Phi) is 3.14. The van der Waals surface area contributed by atoms with Crippen LogP contribution < -0.4 is 5.32 Å². The molecule has 0 radical (unpaired) electrons. The normalized spacial score (nSPS) is 16.4. The molecule has 1 aliphatic rings. The van der Waals surface area contributed by atoms with Crippen molar-refractivity contribution in [1.29, 1.82) is 0 Å². The Morgan fingerprint density at radius 1 is 1.38 bits per heavy atom. The van der Waals surface area contributed by atoms with Crippen LogP contribution in [0.4, 0.5) is 13.2 Å². The third-order valence-electron chi connectivity index (χ3n) is 2.61. The summed E-state index contributed by atoms with van der Waals surface area (Å²) in [5.41, 5.74) is -0.303. The number of hydrogen-bond acceptors (Lipinski definition) is 2. The van der Waals surface area contributed by atoms with Gasteiger partial charge < -0.3 is 5.32 Å². The molecule has 0 atom stereocenters. The molecule has 1 aliphatic carbocycles.